The molecule has 4 amide bonds. The van der Waals surface area contributed by atoms with Crippen molar-refractivity contribution in [1.82, 2.24) is 20.4 Å². The molecule has 10 heteroatoms. The summed E-state index contributed by atoms with van der Waals surface area (Å²) >= 11 is 0. The van der Waals surface area contributed by atoms with E-state index in [1.54, 1.807) is 14.2 Å². The van der Waals surface area contributed by atoms with Crippen molar-refractivity contribution >= 4 is 23.4 Å². The standard InChI is InChI=1S/C30H44N6O4/c1-39-27-13-7-5-11-25(27)33-17-21-35(22-18-33)29(37)31-15-9-3-4-10-16-32-30(38)36-23-19-34(20-24-36)26-12-6-8-14-28(26)40-2/h5-8,11-14H,3-4,9-10,15-24H2,1-2H3,(H,31,37)(H,32,38). The van der Waals surface area contributed by atoms with E-state index in [1.165, 1.54) is 0 Å². The third kappa shape index (κ3) is 7.86. The predicted octanol–water partition coefficient (Wildman–Crippen LogP) is 3.63. The Hall–Kier alpha value is -3.82. The summed E-state index contributed by atoms with van der Waals surface area (Å²) in [6, 6.07) is 16.0. The lowest BCUT2D eigenvalue weighted by molar-refractivity contribution is 0.193. The molecule has 0 saturated carbocycles. The van der Waals surface area contributed by atoms with Crippen LogP contribution in [-0.4, -0.2) is 102 Å². The van der Waals surface area contributed by atoms with E-state index < -0.39 is 0 Å². The van der Waals surface area contributed by atoms with Crippen LogP contribution in [0.25, 0.3) is 0 Å². The third-order valence-electron chi connectivity index (χ3n) is 7.64. The highest BCUT2D eigenvalue weighted by Gasteiger charge is 2.23. The number of piperazine rings is 2. The summed E-state index contributed by atoms with van der Waals surface area (Å²) in [5, 5.41) is 6.12. The molecular formula is C30H44N6O4. The van der Waals surface area contributed by atoms with Crippen LogP contribution in [0.3, 0.4) is 0 Å². The number of hydrogen-bond donors (Lipinski definition) is 2. The summed E-state index contributed by atoms with van der Waals surface area (Å²) in [5.41, 5.74) is 2.15. The monoisotopic (exact) mass is 552 g/mol. The first-order valence-corrected chi connectivity index (χ1v) is 14.4. The van der Waals surface area contributed by atoms with Crippen LogP contribution in [0.2, 0.25) is 0 Å². The highest BCUT2D eigenvalue weighted by molar-refractivity contribution is 5.75. The molecule has 0 bridgehead atoms. The first kappa shape index (κ1) is 29.2. The number of anilines is 2. The maximum atomic E-state index is 12.6. The van der Waals surface area contributed by atoms with E-state index in [1.807, 2.05) is 46.2 Å². The lowest BCUT2D eigenvalue weighted by atomic mass is 10.2. The highest BCUT2D eigenvalue weighted by atomic mass is 16.5. The Balaban J connectivity index is 1.02. The van der Waals surface area contributed by atoms with Gasteiger partial charge < -0.3 is 39.7 Å². The quantitative estimate of drug-likeness (QED) is 0.414. The number of amides is 4. The number of para-hydroxylation sites is 4. The fourth-order valence-electron chi connectivity index (χ4n) is 5.30. The number of urea groups is 2. The van der Waals surface area contributed by atoms with Crippen molar-refractivity contribution in [2.75, 3.05) is 89.5 Å². The van der Waals surface area contributed by atoms with E-state index in [2.05, 4.69) is 32.6 Å². The average molecular weight is 553 g/mol. The van der Waals surface area contributed by atoms with Crippen LogP contribution >= 0.6 is 0 Å². The molecule has 40 heavy (non-hydrogen) atoms. The van der Waals surface area contributed by atoms with Gasteiger partial charge in [0, 0.05) is 65.4 Å². The molecule has 0 atom stereocenters. The van der Waals surface area contributed by atoms with Crippen molar-refractivity contribution in [2.24, 2.45) is 0 Å². The summed E-state index contributed by atoms with van der Waals surface area (Å²) in [7, 11) is 3.37. The molecule has 2 heterocycles. The lowest BCUT2D eigenvalue weighted by Gasteiger charge is -2.36. The van der Waals surface area contributed by atoms with Gasteiger partial charge in [0.15, 0.2) is 0 Å². The molecule has 2 aliphatic rings. The molecule has 2 aromatic carbocycles. The number of rotatable bonds is 11. The Morgan fingerprint density at radius 2 is 0.975 bits per heavy atom. The van der Waals surface area contributed by atoms with Gasteiger partial charge in [-0.05, 0) is 37.1 Å². The molecule has 10 nitrogen and oxygen atoms in total. The first-order valence-electron chi connectivity index (χ1n) is 14.4. The lowest BCUT2D eigenvalue weighted by Crippen LogP contribution is -2.52. The minimum atomic E-state index is 0.0118. The van der Waals surface area contributed by atoms with Crippen molar-refractivity contribution in [3.8, 4) is 11.5 Å². The molecule has 2 saturated heterocycles. The topological polar surface area (TPSA) is 89.6 Å². The van der Waals surface area contributed by atoms with Gasteiger partial charge in [-0.1, -0.05) is 37.1 Å². The van der Waals surface area contributed by atoms with E-state index in [0.717, 1.165) is 74.7 Å². The Morgan fingerprint density at radius 1 is 0.600 bits per heavy atom. The zero-order valence-corrected chi connectivity index (χ0v) is 23.9. The fourth-order valence-corrected chi connectivity index (χ4v) is 5.30. The summed E-state index contributed by atoms with van der Waals surface area (Å²) < 4.78 is 10.9. The van der Waals surface area contributed by atoms with Gasteiger partial charge in [0.2, 0.25) is 0 Å². The molecule has 2 fully saturated rings. The molecule has 0 unspecified atom stereocenters. The summed E-state index contributed by atoms with van der Waals surface area (Å²) in [4.78, 5) is 33.4. The zero-order chi connectivity index (χ0) is 28.2. The number of carbonyl (C=O) groups excluding carboxylic acids is 2. The largest absolute Gasteiger partial charge is 0.495 e. The zero-order valence-electron chi connectivity index (χ0n) is 23.9. The third-order valence-corrected chi connectivity index (χ3v) is 7.64. The molecule has 0 aromatic heterocycles. The maximum absolute atomic E-state index is 12.6. The van der Waals surface area contributed by atoms with Gasteiger partial charge in [-0.2, -0.15) is 0 Å². The van der Waals surface area contributed by atoms with Gasteiger partial charge in [-0.3, -0.25) is 0 Å². The van der Waals surface area contributed by atoms with Crippen LogP contribution in [0.4, 0.5) is 21.0 Å². The van der Waals surface area contributed by atoms with Gasteiger partial charge in [-0.25, -0.2) is 9.59 Å². The number of benzene rings is 2. The van der Waals surface area contributed by atoms with E-state index in [-0.39, 0.29) is 12.1 Å². The number of ether oxygens (including phenoxy) is 2. The second kappa shape index (κ2) is 15.1. The Bertz CT molecular complexity index is 998. The van der Waals surface area contributed by atoms with Crippen LogP contribution < -0.4 is 29.9 Å². The van der Waals surface area contributed by atoms with E-state index >= 15 is 0 Å². The van der Waals surface area contributed by atoms with Crippen molar-refractivity contribution in [2.45, 2.75) is 25.7 Å². The predicted molar refractivity (Wildman–Crippen MR) is 159 cm³/mol. The summed E-state index contributed by atoms with van der Waals surface area (Å²) in [5.74, 6) is 1.73. The normalized spacial score (nSPS) is 15.6. The van der Waals surface area contributed by atoms with Crippen LogP contribution in [0.1, 0.15) is 25.7 Å². The van der Waals surface area contributed by atoms with Crippen molar-refractivity contribution in [3.63, 3.8) is 0 Å². The number of nitrogens with one attached hydrogen (secondary N) is 2. The number of methoxy groups -OCH3 is 2. The molecule has 2 aliphatic heterocycles. The molecule has 2 N–H and O–H groups in total. The second-order valence-corrected chi connectivity index (χ2v) is 10.2. The minimum absolute atomic E-state index is 0.0118. The smallest absolute Gasteiger partial charge is 0.317 e. The van der Waals surface area contributed by atoms with Crippen molar-refractivity contribution < 1.29 is 19.1 Å². The van der Waals surface area contributed by atoms with Crippen LogP contribution in [-0.2, 0) is 0 Å². The molecule has 4 rings (SSSR count). The molecule has 0 spiro atoms. The Labute approximate surface area is 238 Å². The Kier molecular flexibility index (Phi) is 11.0. The SMILES string of the molecule is COc1ccccc1N1CCN(C(=O)NCCCCCCNC(=O)N2CCN(c3ccccc3OC)CC2)CC1. The Morgan fingerprint density at radius 3 is 1.35 bits per heavy atom. The van der Waals surface area contributed by atoms with Gasteiger partial charge >= 0.3 is 12.1 Å². The molecule has 0 radical (unpaired) electrons. The summed E-state index contributed by atoms with van der Waals surface area (Å²) in [6.07, 6.45) is 3.92. The van der Waals surface area contributed by atoms with E-state index in [9.17, 15) is 9.59 Å². The minimum Gasteiger partial charge on any atom is -0.495 e. The molecule has 2 aromatic rings. The number of carbonyl (C=O) groups is 2. The van der Waals surface area contributed by atoms with Gasteiger partial charge in [0.05, 0.1) is 25.6 Å². The molecular weight excluding hydrogens is 508 g/mol. The van der Waals surface area contributed by atoms with Crippen molar-refractivity contribution in [1.29, 1.82) is 0 Å². The number of nitrogens with zero attached hydrogens (tertiary/aromatic N) is 4. The van der Waals surface area contributed by atoms with E-state index in [0.29, 0.717) is 39.3 Å². The molecule has 0 aliphatic carbocycles. The second-order valence-electron chi connectivity index (χ2n) is 10.2. The highest BCUT2D eigenvalue weighted by Crippen LogP contribution is 2.29. The number of unbranched alkanes of at least 4 members (excludes halogenated alkanes) is 3. The van der Waals surface area contributed by atoms with Gasteiger partial charge in [0.25, 0.3) is 0 Å². The van der Waals surface area contributed by atoms with Crippen molar-refractivity contribution in [3.05, 3.63) is 48.5 Å². The van der Waals surface area contributed by atoms with Gasteiger partial charge in [-0.15, -0.1) is 0 Å². The molecule has 218 valence electrons. The van der Waals surface area contributed by atoms with Crippen LogP contribution in [0, 0.1) is 0 Å². The maximum Gasteiger partial charge on any atom is 0.317 e. The summed E-state index contributed by atoms with van der Waals surface area (Å²) in [6.45, 7) is 7.28. The average Bonchev–Trinajstić information content (AvgIpc) is 3.02. The van der Waals surface area contributed by atoms with E-state index in [4.69, 9.17) is 9.47 Å². The first-order chi connectivity index (χ1) is 19.6. The van der Waals surface area contributed by atoms with Crippen LogP contribution in [0.5, 0.6) is 11.5 Å². The number of hydrogen-bond acceptors (Lipinski definition) is 6. The fraction of sp³-hybridized carbons (Fsp3) is 0.533. The van der Waals surface area contributed by atoms with Gasteiger partial charge in [0.1, 0.15) is 11.5 Å². The van der Waals surface area contributed by atoms with Crippen LogP contribution in [0.15, 0.2) is 48.5 Å².